The molecule has 1 unspecified atom stereocenters. The molecular formula is C16H26N4O3. The number of hydrogen-bond donors (Lipinski definition) is 2. The maximum absolute atomic E-state index is 12.4. The van der Waals surface area contributed by atoms with Crippen molar-refractivity contribution in [2.75, 3.05) is 18.4 Å². The summed E-state index contributed by atoms with van der Waals surface area (Å²) in [4.78, 5) is 25.4. The van der Waals surface area contributed by atoms with Crippen LogP contribution in [0.25, 0.3) is 0 Å². The third kappa shape index (κ3) is 4.31. The number of aryl methyl sites for hydroxylation is 1. The highest BCUT2D eigenvalue weighted by atomic mass is 16.4. The summed E-state index contributed by atoms with van der Waals surface area (Å²) >= 11 is 0. The van der Waals surface area contributed by atoms with E-state index in [0.29, 0.717) is 18.8 Å². The van der Waals surface area contributed by atoms with E-state index >= 15 is 0 Å². The molecule has 1 saturated heterocycles. The van der Waals surface area contributed by atoms with E-state index in [-0.39, 0.29) is 18.0 Å². The molecule has 0 aliphatic carbocycles. The summed E-state index contributed by atoms with van der Waals surface area (Å²) in [5.41, 5.74) is 0.586. The van der Waals surface area contributed by atoms with Gasteiger partial charge in [-0.1, -0.05) is 6.42 Å². The second-order valence-electron chi connectivity index (χ2n) is 7.12. The first-order chi connectivity index (χ1) is 10.7. The number of nitrogens with zero attached hydrogens (tertiary/aromatic N) is 3. The molecule has 0 bridgehead atoms. The molecule has 0 saturated carbocycles. The van der Waals surface area contributed by atoms with Gasteiger partial charge in [0.25, 0.3) is 0 Å². The number of amides is 1. The molecule has 2 N–H and O–H groups in total. The average molecular weight is 322 g/mol. The zero-order valence-electron chi connectivity index (χ0n) is 14.3. The fourth-order valence-corrected chi connectivity index (χ4v) is 2.93. The van der Waals surface area contributed by atoms with Gasteiger partial charge < -0.3 is 10.4 Å². The number of carboxylic acid groups (broad SMARTS) is 1. The molecule has 2 rings (SSSR count). The number of likely N-dealkylation sites (tertiary alicyclic amines) is 1. The van der Waals surface area contributed by atoms with Crippen molar-refractivity contribution in [2.45, 2.75) is 58.5 Å². The molecule has 1 fully saturated rings. The minimum absolute atomic E-state index is 0.0886. The van der Waals surface area contributed by atoms with Crippen LogP contribution in [0, 0.1) is 6.92 Å². The molecule has 7 heteroatoms. The fourth-order valence-electron chi connectivity index (χ4n) is 2.93. The summed E-state index contributed by atoms with van der Waals surface area (Å²) in [5, 5.41) is 16.6. The third-order valence-corrected chi connectivity index (χ3v) is 3.98. The van der Waals surface area contributed by atoms with Gasteiger partial charge in [-0.2, -0.15) is 5.10 Å². The average Bonchev–Trinajstić information content (AvgIpc) is 2.79. The molecule has 0 spiro atoms. The third-order valence-electron chi connectivity index (χ3n) is 3.98. The fraction of sp³-hybridized carbons (Fsp3) is 0.688. The van der Waals surface area contributed by atoms with Crippen LogP contribution < -0.4 is 5.32 Å². The Bertz CT molecular complexity index is 589. The predicted molar refractivity (Wildman–Crippen MR) is 87.4 cm³/mol. The maximum Gasteiger partial charge on any atom is 0.320 e. The highest BCUT2D eigenvalue weighted by Gasteiger charge is 2.30. The molecule has 1 aromatic rings. The number of aromatic nitrogens is 2. The lowest BCUT2D eigenvalue weighted by molar-refractivity contribution is -0.145. The van der Waals surface area contributed by atoms with E-state index in [1.54, 1.807) is 9.58 Å². The van der Waals surface area contributed by atoms with Crippen LogP contribution in [0.2, 0.25) is 0 Å². The Kier molecular flexibility index (Phi) is 5.09. The molecule has 1 atom stereocenters. The number of anilines is 1. The second-order valence-corrected chi connectivity index (χ2v) is 7.12. The number of aliphatic carboxylic acids is 1. The first kappa shape index (κ1) is 17.5. The summed E-state index contributed by atoms with van der Waals surface area (Å²) < 4.78 is 1.78. The van der Waals surface area contributed by atoms with Gasteiger partial charge in [0.05, 0.1) is 17.8 Å². The SMILES string of the molecule is Cc1cc(NC(=O)CN2CCCCC2C(=O)O)n(C(C)(C)C)n1. The Morgan fingerprint density at radius 1 is 1.39 bits per heavy atom. The Hall–Kier alpha value is -1.89. The van der Waals surface area contributed by atoms with E-state index in [1.807, 2.05) is 33.8 Å². The molecule has 23 heavy (non-hydrogen) atoms. The van der Waals surface area contributed by atoms with Crippen molar-refractivity contribution in [3.05, 3.63) is 11.8 Å². The van der Waals surface area contributed by atoms with E-state index in [0.717, 1.165) is 18.5 Å². The second kappa shape index (κ2) is 6.70. The summed E-state index contributed by atoms with van der Waals surface area (Å²) in [6.07, 6.45) is 2.42. The number of carbonyl (C=O) groups excluding carboxylic acids is 1. The van der Waals surface area contributed by atoms with Crippen molar-refractivity contribution in [1.29, 1.82) is 0 Å². The van der Waals surface area contributed by atoms with Crippen LogP contribution in [0.15, 0.2) is 6.07 Å². The van der Waals surface area contributed by atoms with Crippen LogP contribution in [-0.4, -0.2) is 50.8 Å². The standard InChI is InChI=1S/C16H26N4O3/c1-11-9-13(20(18-11)16(2,3)4)17-14(21)10-19-8-6-5-7-12(19)15(22)23/h9,12H,5-8,10H2,1-4H3,(H,17,21)(H,22,23). The first-order valence-corrected chi connectivity index (χ1v) is 8.02. The number of piperidine rings is 1. The van der Waals surface area contributed by atoms with Gasteiger partial charge in [-0.05, 0) is 47.1 Å². The van der Waals surface area contributed by atoms with Crippen molar-refractivity contribution in [1.82, 2.24) is 14.7 Å². The van der Waals surface area contributed by atoms with Gasteiger partial charge in [-0.15, -0.1) is 0 Å². The zero-order valence-corrected chi connectivity index (χ0v) is 14.3. The van der Waals surface area contributed by atoms with E-state index in [2.05, 4.69) is 10.4 Å². The minimum atomic E-state index is -0.854. The lowest BCUT2D eigenvalue weighted by atomic mass is 10.0. The van der Waals surface area contributed by atoms with Crippen LogP contribution in [0.1, 0.15) is 45.7 Å². The smallest absolute Gasteiger partial charge is 0.320 e. The van der Waals surface area contributed by atoms with Crippen molar-refractivity contribution < 1.29 is 14.7 Å². The minimum Gasteiger partial charge on any atom is -0.480 e. The summed E-state index contributed by atoms with van der Waals surface area (Å²) in [7, 11) is 0. The van der Waals surface area contributed by atoms with Gasteiger partial charge in [0.15, 0.2) is 0 Å². The molecule has 0 radical (unpaired) electrons. The lowest BCUT2D eigenvalue weighted by Crippen LogP contribution is -2.48. The Balaban J connectivity index is 2.06. The highest BCUT2D eigenvalue weighted by molar-refractivity contribution is 5.92. The summed E-state index contributed by atoms with van der Waals surface area (Å²) in [6.45, 7) is 8.65. The van der Waals surface area contributed by atoms with Gasteiger partial charge in [0, 0.05) is 6.07 Å². The molecular weight excluding hydrogens is 296 g/mol. The molecule has 7 nitrogen and oxygen atoms in total. The Labute approximate surface area is 136 Å². The molecule has 1 aliphatic rings. The van der Waals surface area contributed by atoms with Crippen LogP contribution in [0.4, 0.5) is 5.82 Å². The zero-order chi connectivity index (χ0) is 17.2. The van der Waals surface area contributed by atoms with Crippen molar-refractivity contribution in [2.24, 2.45) is 0 Å². The number of carbonyl (C=O) groups is 2. The van der Waals surface area contributed by atoms with E-state index in [1.165, 1.54) is 0 Å². The quantitative estimate of drug-likeness (QED) is 0.883. The Morgan fingerprint density at radius 2 is 2.09 bits per heavy atom. The van der Waals surface area contributed by atoms with Crippen LogP contribution in [0.3, 0.4) is 0 Å². The van der Waals surface area contributed by atoms with Crippen LogP contribution in [0.5, 0.6) is 0 Å². The van der Waals surface area contributed by atoms with E-state index in [9.17, 15) is 14.7 Å². The molecule has 1 aromatic heterocycles. The van der Waals surface area contributed by atoms with Crippen molar-refractivity contribution in [3.8, 4) is 0 Å². The number of hydrogen-bond acceptors (Lipinski definition) is 4. The number of nitrogens with one attached hydrogen (secondary N) is 1. The maximum atomic E-state index is 12.4. The number of rotatable bonds is 4. The topological polar surface area (TPSA) is 87.5 Å². The van der Waals surface area contributed by atoms with Crippen molar-refractivity contribution in [3.63, 3.8) is 0 Å². The molecule has 2 heterocycles. The summed E-state index contributed by atoms with van der Waals surface area (Å²) in [6, 6.07) is 1.26. The highest BCUT2D eigenvalue weighted by Crippen LogP contribution is 2.22. The van der Waals surface area contributed by atoms with Crippen LogP contribution >= 0.6 is 0 Å². The first-order valence-electron chi connectivity index (χ1n) is 8.02. The largest absolute Gasteiger partial charge is 0.480 e. The molecule has 128 valence electrons. The molecule has 0 aromatic carbocycles. The number of carboxylic acids is 1. The monoisotopic (exact) mass is 322 g/mol. The van der Waals surface area contributed by atoms with E-state index < -0.39 is 12.0 Å². The van der Waals surface area contributed by atoms with Crippen LogP contribution in [-0.2, 0) is 15.1 Å². The normalized spacial score (nSPS) is 19.6. The molecule has 1 aliphatic heterocycles. The van der Waals surface area contributed by atoms with E-state index in [4.69, 9.17) is 0 Å². The van der Waals surface area contributed by atoms with Gasteiger partial charge in [0.2, 0.25) is 5.91 Å². The van der Waals surface area contributed by atoms with Gasteiger partial charge in [-0.25, -0.2) is 4.68 Å². The van der Waals surface area contributed by atoms with Crippen molar-refractivity contribution >= 4 is 17.7 Å². The predicted octanol–water partition coefficient (Wildman–Crippen LogP) is 1.82. The Morgan fingerprint density at radius 3 is 2.70 bits per heavy atom. The van der Waals surface area contributed by atoms with Gasteiger partial charge in [-0.3, -0.25) is 14.5 Å². The van der Waals surface area contributed by atoms with Gasteiger partial charge in [0.1, 0.15) is 11.9 Å². The van der Waals surface area contributed by atoms with Gasteiger partial charge >= 0.3 is 5.97 Å². The molecule has 1 amide bonds. The summed E-state index contributed by atoms with van der Waals surface area (Å²) in [5.74, 6) is -0.416. The lowest BCUT2D eigenvalue weighted by Gasteiger charge is -2.32.